The number of carbonyl (C=O) groups excluding carboxylic acids is 1. The van der Waals surface area contributed by atoms with Crippen LogP contribution >= 0.6 is 15.9 Å². The SMILES string of the molecule is O=C(Nc1cc(-c2cccc([N+](=O)[O-])c2)[nH]n1)c1ccccc1Br. The number of carbonyl (C=O) groups is 1. The van der Waals surface area contributed by atoms with Gasteiger partial charge in [-0.1, -0.05) is 24.3 Å². The second kappa shape index (κ2) is 6.63. The molecule has 8 heteroatoms. The molecule has 0 aliphatic rings. The molecule has 0 radical (unpaired) electrons. The number of H-pyrrole nitrogens is 1. The predicted molar refractivity (Wildman–Crippen MR) is 92.8 cm³/mol. The van der Waals surface area contributed by atoms with Crippen LogP contribution in [0.15, 0.2) is 59.1 Å². The van der Waals surface area contributed by atoms with Crippen molar-refractivity contribution in [3.8, 4) is 11.3 Å². The van der Waals surface area contributed by atoms with Crippen molar-refractivity contribution in [2.75, 3.05) is 5.32 Å². The van der Waals surface area contributed by atoms with Crippen molar-refractivity contribution in [2.45, 2.75) is 0 Å². The number of halogens is 1. The number of hydrogen-bond acceptors (Lipinski definition) is 4. The van der Waals surface area contributed by atoms with Crippen LogP contribution in [0.2, 0.25) is 0 Å². The van der Waals surface area contributed by atoms with Gasteiger partial charge in [0.15, 0.2) is 5.82 Å². The Hall–Kier alpha value is -3.00. The van der Waals surface area contributed by atoms with Crippen molar-refractivity contribution < 1.29 is 9.72 Å². The van der Waals surface area contributed by atoms with Gasteiger partial charge in [-0.05, 0) is 28.1 Å². The maximum absolute atomic E-state index is 12.2. The molecule has 24 heavy (non-hydrogen) atoms. The van der Waals surface area contributed by atoms with Crippen molar-refractivity contribution in [3.05, 3.63) is 74.7 Å². The summed E-state index contributed by atoms with van der Waals surface area (Å²) in [6.07, 6.45) is 0. The van der Waals surface area contributed by atoms with Gasteiger partial charge in [-0.25, -0.2) is 0 Å². The van der Waals surface area contributed by atoms with Crippen molar-refractivity contribution in [3.63, 3.8) is 0 Å². The van der Waals surface area contributed by atoms with Crippen LogP contribution in [0.25, 0.3) is 11.3 Å². The van der Waals surface area contributed by atoms with Crippen molar-refractivity contribution in [2.24, 2.45) is 0 Å². The summed E-state index contributed by atoms with van der Waals surface area (Å²) in [7, 11) is 0. The van der Waals surface area contributed by atoms with Crippen molar-refractivity contribution >= 4 is 33.3 Å². The van der Waals surface area contributed by atoms with E-state index in [0.717, 1.165) is 0 Å². The molecular formula is C16H11BrN4O3. The highest BCUT2D eigenvalue weighted by Crippen LogP contribution is 2.24. The van der Waals surface area contributed by atoms with Gasteiger partial charge in [0.2, 0.25) is 0 Å². The van der Waals surface area contributed by atoms with E-state index in [9.17, 15) is 14.9 Å². The molecular weight excluding hydrogens is 376 g/mol. The summed E-state index contributed by atoms with van der Waals surface area (Å²) in [4.78, 5) is 22.6. The standard InChI is InChI=1S/C16H11BrN4O3/c17-13-7-2-1-6-12(13)16(22)18-15-9-14(19-20-15)10-4-3-5-11(8-10)21(23)24/h1-9H,(H2,18,19,20,22). The van der Waals surface area contributed by atoms with Crippen LogP contribution in [0, 0.1) is 10.1 Å². The van der Waals surface area contributed by atoms with Gasteiger partial charge >= 0.3 is 0 Å². The number of rotatable bonds is 4. The fraction of sp³-hybridized carbons (Fsp3) is 0. The Morgan fingerprint density at radius 2 is 1.96 bits per heavy atom. The van der Waals surface area contributed by atoms with Gasteiger partial charge in [0.1, 0.15) is 0 Å². The van der Waals surface area contributed by atoms with E-state index in [0.29, 0.717) is 27.1 Å². The van der Waals surface area contributed by atoms with Gasteiger partial charge < -0.3 is 5.32 Å². The fourth-order valence-electron chi connectivity index (χ4n) is 2.15. The Labute approximate surface area is 145 Å². The molecule has 0 bridgehead atoms. The number of benzene rings is 2. The van der Waals surface area contributed by atoms with E-state index in [4.69, 9.17) is 0 Å². The Bertz CT molecular complexity index is 923. The third-order valence-corrected chi connectivity index (χ3v) is 4.00. The molecule has 0 saturated carbocycles. The van der Waals surface area contributed by atoms with Crippen molar-refractivity contribution in [1.29, 1.82) is 0 Å². The van der Waals surface area contributed by atoms with Crippen LogP contribution in [0.3, 0.4) is 0 Å². The van der Waals surface area contributed by atoms with Gasteiger partial charge in [-0.2, -0.15) is 5.10 Å². The number of aromatic amines is 1. The second-order valence-corrected chi connectivity index (χ2v) is 5.76. The molecule has 3 aromatic rings. The van der Waals surface area contributed by atoms with Gasteiger partial charge in [0.05, 0.1) is 16.2 Å². The number of nitrogens with one attached hydrogen (secondary N) is 2. The van der Waals surface area contributed by atoms with Crippen LogP contribution < -0.4 is 5.32 Å². The monoisotopic (exact) mass is 386 g/mol. The number of hydrogen-bond donors (Lipinski definition) is 2. The lowest BCUT2D eigenvalue weighted by atomic mass is 10.1. The smallest absolute Gasteiger partial charge is 0.270 e. The molecule has 0 spiro atoms. The number of non-ortho nitro benzene ring substituents is 1. The quantitative estimate of drug-likeness (QED) is 0.522. The van der Waals surface area contributed by atoms with Gasteiger partial charge in [0, 0.05) is 28.2 Å². The molecule has 0 aliphatic carbocycles. The number of nitro benzene ring substituents is 1. The lowest BCUT2D eigenvalue weighted by molar-refractivity contribution is -0.384. The average molecular weight is 387 g/mol. The number of aromatic nitrogens is 2. The van der Waals surface area contributed by atoms with Crippen molar-refractivity contribution in [1.82, 2.24) is 10.2 Å². The zero-order valence-corrected chi connectivity index (χ0v) is 13.8. The minimum Gasteiger partial charge on any atom is -0.305 e. The maximum atomic E-state index is 12.2. The Kier molecular flexibility index (Phi) is 4.39. The van der Waals surface area contributed by atoms with E-state index in [2.05, 4.69) is 31.4 Å². The third-order valence-electron chi connectivity index (χ3n) is 3.31. The first-order valence-corrected chi connectivity index (χ1v) is 7.70. The van der Waals surface area contributed by atoms with Gasteiger partial charge in [0.25, 0.3) is 11.6 Å². The van der Waals surface area contributed by atoms with Crippen LogP contribution in [0.1, 0.15) is 10.4 Å². The zero-order chi connectivity index (χ0) is 17.1. The summed E-state index contributed by atoms with van der Waals surface area (Å²) < 4.78 is 0.678. The molecule has 120 valence electrons. The topological polar surface area (TPSA) is 101 Å². The number of nitro groups is 1. The minimum absolute atomic E-state index is 0.0131. The fourth-order valence-corrected chi connectivity index (χ4v) is 2.61. The molecule has 7 nitrogen and oxygen atoms in total. The lowest BCUT2D eigenvalue weighted by Gasteiger charge is -2.03. The largest absolute Gasteiger partial charge is 0.305 e. The molecule has 2 N–H and O–H groups in total. The first-order valence-electron chi connectivity index (χ1n) is 6.91. The van der Waals surface area contributed by atoms with E-state index in [1.807, 2.05) is 6.07 Å². The number of amides is 1. The molecule has 3 rings (SSSR count). The van der Waals surface area contributed by atoms with Gasteiger partial charge in [-0.15, -0.1) is 0 Å². The third kappa shape index (κ3) is 3.33. The number of anilines is 1. The highest BCUT2D eigenvalue weighted by atomic mass is 79.9. The lowest BCUT2D eigenvalue weighted by Crippen LogP contribution is -2.12. The molecule has 0 fully saturated rings. The molecule has 0 unspecified atom stereocenters. The summed E-state index contributed by atoms with van der Waals surface area (Å²) in [5.41, 5.74) is 1.65. The molecule has 1 amide bonds. The Balaban J connectivity index is 1.81. The normalized spacial score (nSPS) is 10.4. The molecule has 0 saturated heterocycles. The second-order valence-electron chi connectivity index (χ2n) is 4.91. The predicted octanol–water partition coefficient (Wildman–Crippen LogP) is 4.00. The highest BCUT2D eigenvalue weighted by Gasteiger charge is 2.13. The van der Waals surface area contributed by atoms with Crippen LogP contribution in [-0.2, 0) is 0 Å². The number of nitrogens with zero attached hydrogens (tertiary/aromatic N) is 2. The molecule has 0 aliphatic heterocycles. The van der Waals surface area contributed by atoms with E-state index >= 15 is 0 Å². The van der Waals surface area contributed by atoms with Gasteiger partial charge in [-0.3, -0.25) is 20.0 Å². The summed E-state index contributed by atoms with van der Waals surface area (Å²) in [6, 6.07) is 14.8. The average Bonchev–Trinajstić information content (AvgIpc) is 3.04. The van der Waals surface area contributed by atoms with E-state index in [1.165, 1.54) is 12.1 Å². The first-order chi connectivity index (χ1) is 11.5. The van der Waals surface area contributed by atoms with Crippen LogP contribution in [0.5, 0.6) is 0 Å². The van der Waals surface area contributed by atoms with Crippen LogP contribution in [-0.4, -0.2) is 21.0 Å². The van der Waals surface area contributed by atoms with E-state index in [-0.39, 0.29) is 11.6 Å². The Morgan fingerprint density at radius 3 is 2.71 bits per heavy atom. The molecule has 1 aromatic heterocycles. The zero-order valence-electron chi connectivity index (χ0n) is 12.2. The molecule has 1 heterocycles. The highest BCUT2D eigenvalue weighted by molar-refractivity contribution is 9.10. The summed E-state index contributed by atoms with van der Waals surface area (Å²) >= 11 is 3.32. The Morgan fingerprint density at radius 1 is 1.17 bits per heavy atom. The van der Waals surface area contributed by atoms with E-state index < -0.39 is 4.92 Å². The minimum atomic E-state index is -0.463. The summed E-state index contributed by atoms with van der Waals surface area (Å²) in [6.45, 7) is 0. The first kappa shape index (κ1) is 15.9. The molecule has 2 aromatic carbocycles. The van der Waals surface area contributed by atoms with Crippen LogP contribution in [0.4, 0.5) is 11.5 Å². The summed E-state index contributed by atoms with van der Waals surface area (Å²) in [5.74, 6) is 0.0248. The van der Waals surface area contributed by atoms with E-state index in [1.54, 1.807) is 36.4 Å². The maximum Gasteiger partial charge on any atom is 0.270 e. The summed E-state index contributed by atoms with van der Waals surface area (Å²) in [5, 5.41) is 20.3. The molecule has 0 atom stereocenters.